The summed E-state index contributed by atoms with van der Waals surface area (Å²) in [5.74, 6) is -4.96. The van der Waals surface area contributed by atoms with E-state index in [9.17, 15) is 32.3 Å². The minimum Gasteiger partial charge on any atom is -0.454 e. The van der Waals surface area contributed by atoms with Crippen molar-refractivity contribution in [3.63, 3.8) is 0 Å². The summed E-state index contributed by atoms with van der Waals surface area (Å²) in [4.78, 5) is 53.7. The van der Waals surface area contributed by atoms with Gasteiger partial charge in [0, 0.05) is 11.8 Å². The molecule has 1 aliphatic heterocycles. The average Bonchev–Trinajstić information content (AvgIpc) is 3.22. The molecule has 210 valence electrons. The number of carbonyl (C=O) groups is 4. The Morgan fingerprint density at radius 2 is 1.39 bits per heavy atom. The first-order chi connectivity index (χ1) is 19.5. The van der Waals surface area contributed by atoms with Crippen molar-refractivity contribution in [2.75, 3.05) is 11.9 Å². The van der Waals surface area contributed by atoms with Gasteiger partial charge in [-0.2, -0.15) is 13.2 Å². The summed E-state index contributed by atoms with van der Waals surface area (Å²) < 4.78 is 44.1. The van der Waals surface area contributed by atoms with Gasteiger partial charge in [0.05, 0.1) is 28.1 Å². The lowest BCUT2D eigenvalue weighted by atomic mass is 9.55. The molecule has 7 nitrogen and oxygen atoms in total. The highest BCUT2D eigenvalue weighted by atomic mass is 35.5. The number of carbonyl (C=O) groups excluding carboxylic acids is 4. The first kappa shape index (κ1) is 27.0. The maximum Gasteiger partial charge on any atom is 0.416 e. The van der Waals surface area contributed by atoms with Gasteiger partial charge >= 0.3 is 12.1 Å². The van der Waals surface area contributed by atoms with Crippen LogP contribution < -0.4 is 5.32 Å². The smallest absolute Gasteiger partial charge is 0.416 e. The fourth-order valence-corrected chi connectivity index (χ4v) is 6.59. The predicted molar refractivity (Wildman–Crippen MR) is 141 cm³/mol. The second kappa shape index (κ2) is 9.73. The van der Waals surface area contributed by atoms with E-state index in [4.69, 9.17) is 16.3 Å². The Morgan fingerprint density at radius 3 is 1.85 bits per heavy atom. The number of imide groups is 1. The van der Waals surface area contributed by atoms with Gasteiger partial charge in [0.15, 0.2) is 6.61 Å². The molecule has 2 bridgehead atoms. The van der Waals surface area contributed by atoms with Crippen LogP contribution in [-0.2, 0) is 30.1 Å². The Bertz CT molecular complexity index is 1510. The summed E-state index contributed by atoms with van der Waals surface area (Å²) in [6.45, 7) is 0.486. The van der Waals surface area contributed by atoms with Crippen LogP contribution in [0.5, 0.6) is 0 Å². The summed E-state index contributed by atoms with van der Waals surface area (Å²) in [7, 11) is 0. The molecule has 3 aromatic carbocycles. The standard InChI is InChI=1S/C30H22ClF3N2O5/c1-14(29(40)41-13-22(37)35-21-12-15(30(32,33)34)10-11-20(21)31)36-27(38)25-23-16-6-2-3-7-17(16)24(26(25)28(36)39)19-9-5-4-8-18(19)23/h2-12,14,23-26H,13H2,1H3,(H,35,37)/t14-,23?,24?,25+,26+/m1/s1. The van der Waals surface area contributed by atoms with Crippen LogP contribution in [-0.4, -0.2) is 41.2 Å². The monoisotopic (exact) mass is 582 g/mol. The topological polar surface area (TPSA) is 92.8 Å². The zero-order chi connectivity index (χ0) is 29.2. The van der Waals surface area contributed by atoms with E-state index in [-0.39, 0.29) is 22.5 Å². The Kier molecular flexibility index (Phi) is 6.41. The van der Waals surface area contributed by atoms with Crippen LogP contribution in [0.3, 0.4) is 0 Å². The van der Waals surface area contributed by atoms with Gasteiger partial charge in [0.25, 0.3) is 5.91 Å². The van der Waals surface area contributed by atoms with Gasteiger partial charge in [-0.1, -0.05) is 60.1 Å². The maximum atomic E-state index is 13.7. The van der Waals surface area contributed by atoms with Gasteiger partial charge in [-0.15, -0.1) is 0 Å². The van der Waals surface area contributed by atoms with E-state index >= 15 is 0 Å². The van der Waals surface area contributed by atoms with Gasteiger partial charge in [-0.25, -0.2) is 4.79 Å². The molecular weight excluding hydrogens is 561 g/mol. The molecule has 11 heteroatoms. The van der Waals surface area contributed by atoms with Crippen LogP contribution >= 0.6 is 11.6 Å². The molecule has 1 fully saturated rings. The van der Waals surface area contributed by atoms with E-state index in [0.717, 1.165) is 39.3 Å². The lowest BCUT2D eigenvalue weighted by Crippen LogP contribution is -2.45. The molecule has 3 aliphatic carbocycles. The third-order valence-electron chi connectivity index (χ3n) is 8.12. The molecule has 1 N–H and O–H groups in total. The van der Waals surface area contributed by atoms with Crippen LogP contribution in [0.2, 0.25) is 5.02 Å². The summed E-state index contributed by atoms with van der Waals surface area (Å²) in [6.07, 6.45) is -4.65. The van der Waals surface area contributed by atoms with Gasteiger partial charge in [0.2, 0.25) is 11.8 Å². The van der Waals surface area contributed by atoms with Crippen LogP contribution in [0.1, 0.15) is 46.6 Å². The van der Waals surface area contributed by atoms with Gasteiger partial charge < -0.3 is 10.1 Å². The zero-order valence-corrected chi connectivity index (χ0v) is 22.2. The Morgan fingerprint density at radius 1 is 0.902 bits per heavy atom. The number of nitrogens with one attached hydrogen (secondary N) is 1. The maximum absolute atomic E-state index is 13.7. The van der Waals surface area contributed by atoms with E-state index in [1.165, 1.54) is 6.92 Å². The average molecular weight is 583 g/mol. The Labute approximate surface area is 237 Å². The van der Waals surface area contributed by atoms with Crippen LogP contribution in [0, 0.1) is 11.8 Å². The number of benzene rings is 3. The van der Waals surface area contributed by atoms with Crippen molar-refractivity contribution in [2.45, 2.75) is 31.0 Å². The number of likely N-dealkylation sites (tertiary alicyclic amines) is 1. The van der Waals surface area contributed by atoms with Crippen LogP contribution in [0.4, 0.5) is 18.9 Å². The molecule has 0 saturated carbocycles. The summed E-state index contributed by atoms with van der Waals surface area (Å²) in [6, 6.07) is 16.5. The van der Waals surface area contributed by atoms with Crippen molar-refractivity contribution in [1.82, 2.24) is 4.90 Å². The summed E-state index contributed by atoms with van der Waals surface area (Å²) in [5.41, 5.74) is 2.62. The Hall–Kier alpha value is -4.18. The number of hydrogen-bond donors (Lipinski definition) is 1. The lowest BCUT2D eigenvalue weighted by molar-refractivity contribution is -0.159. The van der Waals surface area contributed by atoms with E-state index in [1.54, 1.807) is 0 Å². The number of anilines is 1. The number of rotatable bonds is 5. The fraction of sp³-hybridized carbons (Fsp3) is 0.267. The number of amides is 3. The van der Waals surface area contributed by atoms with Crippen molar-refractivity contribution in [3.8, 4) is 0 Å². The molecule has 3 aromatic rings. The van der Waals surface area contributed by atoms with Crippen molar-refractivity contribution in [3.05, 3.63) is 99.6 Å². The van der Waals surface area contributed by atoms with Crippen molar-refractivity contribution >= 4 is 41.0 Å². The van der Waals surface area contributed by atoms with Gasteiger partial charge in [-0.05, 0) is 47.4 Å². The van der Waals surface area contributed by atoms with Crippen molar-refractivity contribution < 1.29 is 37.1 Å². The minimum absolute atomic E-state index is 0.140. The summed E-state index contributed by atoms with van der Waals surface area (Å²) >= 11 is 5.91. The van der Waals surface area contributed by atoms with Crippen LogP contribution in [0.15, 0.2) is 66.7 Å². The normalized spacial score (nSPS) is 23.0. The molecular formula is C30H22ClF3N2O5. The van der Waals surface area contributed by atoms with Gasteiger partial charge in [-0.3, -0.25) is 19.3 Å². The molecule has 0 spiro atoms. The van der Waals surface area contributed by atoms with Crippen LogP contribution in [0.25, 0.3) is 0 Å². The molecule has 3 amide bonds. The second-order valence-electron chi connectivity index (χ2n) is 10.3. The molecule has 41 heavy (non-hydrogen) atoms. The quantitative estimate of drug-likeness (QED) is 0.333. The number of esters is 1. The third-order valence-corrected chi connectivity index (χ3v) is 8.45. The molecule has 4 aliphatic rings. The zero-order valence-electron chi connectivity index (χ0n) is 21.4. The highest BCUT2D eigenvalue weighted by Crippen LogP contribution is 2.61. The number of halogens is 4. The number of nitrogens with zero attached hydrogens (tertiary/aromatic N) is 1. The highest BCUT2D eigenvalue weighted by molar-refractivity contribution is 6.33. The van der Waals surface area contributed by atoms with E-state index in [2.05, 4.69) is 5.32 Å². The Balaban J connectivity index is 1.18. The third kappa shape index (κ3) is 4.28. The molecule has 0 radical (unpaired) electrons. The second-order valence-corrected chi connectivity index (χ2v) is 10.7. The van der Waals surface area contributed by atoms with E-state index < -0.39 is 59.9 Å². The number of hydrogen-bond acceptors (Lipinski definition) is 5. The van der Waals surface area contributed by atoms with Crippen molar-refractivity contribution in [1.29, 1.82) is 0 Å². The molecule has 3 atom stereocenters. The SMILES string of the molecule is C[C@H](C(=O)OCC(=O)Nc1cc(C(F)(F)F)ccc1Cl)N1C(=O)[C@H]2C3c4ccccc4C(c4ccccc43)[C@@H]2C1=O. The molecule has 0 aromatic heterocycles. The highest BCUT2D eigenvalue weighted by Gasteiger charge is 2.62. The fourth-order valence-electron chi connectivity index (χ4n) is 6.43. The van der Waals surface area contributed by atoms with E-state index in [0.29, 0.717) is 6.07 Å². The first-order valence-electron chi connectivity index (χ1n) is 12.9. The summed E-state index contributed by atoms with van der Waals surface area (Å²) in [5, 5.41) is 2.05. The first-order valence-corrected chi connectivity index (χ1v) is 13.2. The minimum atomic E-state index is -4.65. The molecule has 1 saturated heterocycles. The van der Waals surface area contributed by atoms with Crippen molar-refractivity contribution in [2.24, 2.45) is 11.8 Å². The van der Waals surface area contributed by atoms with E-state index in [1.807, 2.05) is 48.5 Å². The predicted octanol–water partition coefficient (Wildman–Crippen LogP) is 5.12. The molecule has 0 unspecified atom stereocenters. The van der Waals surface area contributed by atoms with Gasteiger partial charge in [0.1, 0.15) is 6.04 Å². The molecule has 1 heterocycles. The number of alkyl halides is 3. The lowest BCUT2D eigenvalue weighted by Gasteiger charge is -2.45. The largest absolute Gasteiger partial charge is 0.454 e. The number of ether oxygens (including phenoxy) is 1. The molecule has 7 rings (SSSR count).